The van der Waals surface area contributed by atoms with Crippen LogP contribution < -0.4 is 5.56 Å². The lowest BCUT2D eigenvalue weighted by atomic mass is 10.1. The van der Waals surface area contributed by atoms with E-state index in [1.807, 2.05) is 18.7 Å². The van der Waals surface area contributed by atoms with Crippen molar-refractivity contribution in [3.8, 4) is 0 Å². The SMILES string of the molecule is Cc1nn2c(=O)cc(CN(CCO)C3CCCSC3)nc2s1. The average molecular weight is 340 g/mol. The van der Waals surface area contributed by atoms with Crippen LogP contribution in [0.15, 0.2) is 10.9 Å². The second-order valence-electron chi connectivity index (χ2n) is 5.47. The molecule has 1 saturated heterocycles. The van der Waals surface area contributed by atoms with Crippen molar-refractivity contribution in [1.29, 1.82) is 0 Å². The van der Waals surface area contributed by atoms with E-state index in [1.165, 1.54) is 28.0 Å². The van der Waals surface area contributed by atoms with Crippen molar-refractivity contribution in [3.63, 3.8) is 0 Å². The molecule has 2 aromatic heterocycles. The third kappa shape index (κ3) is 3.51. The number of nitrogens with zero attached hydrogens (tertiary/aromatic N) is 4. The first-order valence-electron chi connectivity index (χ1n) is 7.46. The summed E-state index contributed by atoms with van der Waals surface area (Å²) in [6.45, 7) is 3.22. The van der Waals surface area contributed by atoms with Crippen molar-refractivity contribution in [2.75, 3.05) is 24.7 Å². The summed E-state index contributed by atoms with van der Waals surface area (Å²) in [5, 5.41) is 14.3. The Morgan fingerprint density at radius 1 is 1.55 bits per heavy atom. The molecule has 1 aliphatic heterocycles. The topological polar surface area (TPSA) is 70.7 Å². The molecule has 0 aromatic carbocycles. The molecule has 0 bridgehead atoms. The van der Waals surface area contributed by atoms with Gasteiger partial charge >= 0.3 is 0 Å². The first-order valence-corrected chi connectivity index (χ1v) is 9.43. The summed E-state index contributed by atoms with van der Waals surface area (Å²) in [6, 6.07) is 2.02. The van der Waals surface area contributed by atoms with E-state index in [1.54, 1.807) is 6.07 Å². The maximum absolute atomic E-state index is 12.1. The molecule has 6 nitrogen and oxygen atoms in total. The normalized spacial score (nSPS) is 19.1. The highest BCUT2D eigenvalue weighted by molar-refractivity contribution is 7.99. The van der Waals surface area contributed by atoms with Crippen molar-refractivity contribution in [2.24, 2.45) is 0 Å². The summed E-state index contributed by atoms with van der Waals surface area (Å²) in [5.41, 5.74) is 0.629. The minimum absolute atomic E-state index is 0.127. The van der Waals surface area contributed by atoms with Gasteiger partial charge in [0, 0.05) is 31.0 Å². The summed E-state index contributed by atoms with van der Waals surface area (Å²) in [6.07, 6.45) is 2.36. The zero-order chi connectivity index (χ0) is 15.5. The minimum Gasteiger partial charge on any atom is -0.395 e. The van der Waals surface area contributed by atoms with Crippen LogP contribution in [0.2, 0.25) is 0 Å². The van der Waals surface area contributed by atoms with Crippen molar-refractivity contribution < 1.29 is 5.11 Å². The summed E-state index contributed by atoms with van der Waals surface area (Å²) in [5.74, 6) is 2.30. The van der Waals surface area contributed by atoms with Gasteiger partial charge in [-0.2, -0.15) is 21.4 Å². The molecule has 1 atom stereocenters. The highest BCUT2D eigenvalue weighted by Gasteiger charge is 2.22. The Hall–Kier alpha value is -0.960. The molecule has 0 spiro atoms. The molecule has 1 N–H and O–H groups in total. The van der Waals surface area contributed by atoms with E-state index in [-0.39, 0.29) is 12.2 Å². The predicted molar refractivity (Wildman–Crippen MR) is 89.7 cm³/mol. The van der Waals surface area contributed by atoms with Crippen LogP contribution in [0.4, 0.5) is 0 Å². The maximum atomic E-state index is 12.1. The number of hydrogen-bond acceptors (Lipinski definition) is 7. The molecule has 1 aliphatic rings. The van der Waals surface area contributed by atoms with Crippen molar-refractivity contribution in [2.45, 2.75) is 32.4 Å². The Labute approximate surface area is 137 Å². The van der Waals surface area contributed by atoms with Gasteiger partial charge in [-0.05, 0) is 25.5 Å². The van der Waals surface area contributed by atoms with E-state index in [2.05, 4.69) is 15.0 Å². The van der Waals surface area contributed by atoms with Crippen LogP contribution in [-0.2, 0) is 6.54 Å². The number of aryl methyl sites for hydroxylation is 1. The lowest BCUT2D eigenvalue weighted by Crippen LogP contribution is -2.40. The third-order valence-corrected chi connectivity index (χ3v) is 5.83. The largest absolute Gasteiger partial charge is 0.395 e. The Bertz CT molecular complexity index is 694. The fourth-order valence-corrected chi connectivity index (χ4v) is 4.73. The Morgan fingerprint density at radius 3 is 3.14 bits per heavy atom. The summed E-state index contributed by atoms with van der Waals surface area (Å²) in [7, 11) is 0. The molecule has 2 aromatic rings. The van der Waals surface area contributed by atoms with Crippen LogP contribution in [0.3, 0.4) is 0 Å². The van der Waals surface area contributed by atoms with Crippen LogP contribution in [0.5, 0.6) is 0 Å². The second kappa shape index (κ2) is 7.08. The number of rotatable bonds is 5. The van der Waals surface area contributed by atoms with Gasteiger partial charge in [0.25, 0.3) is 5.56 Å². The highest BCUT2D eigenvalue weighted by atomic mass is 32.2. The standard InChI is InChI=1S/C14H20N4O2S2/c1-10-16-18-13(20)7-11(15-14(18)22-10)8-17(4-5-19)12-3-2-6-21-9-12/h7,12,19H,2-6,8-9H2,1H3. The van der Waals surface area contributed by atoms with Crippen LogP contribution in [0, 0.1) is 6.92 Å². The fraction of sp³-hybridized carbons (Fsp3) is 0.643. The van der Waals surface area contributed by atoms with Gasteiger partial charge in [-0.25, -0.2) is 4.98 Å². The molecule has 0 saturated carbocycles. The van der Waals surface area contributed by atoms with E-state index in [0.29, 0.717) is 24.1 Å². The van der Waals surface area contributed by atoms with E-state index >= 15 is 0 Å². The number of fused-ring (bicyclic) bond motifs is 1. The van der Waals surface area contributed by atoms with E-state index in [9.17, 15) is 9.90 Å². The van der Waals surface area contributed by atoms with Crippen molar-refractivity contribution in [3.05, 3.63) is 27.1 Å². The molecule has 120 valence electrons. The lowest BCUT2D eigenvalue weighted by molar-refractivity contribution is 0.145. The number of aliphatic hydroxyl groups is 1. The number of thioether (sulfide) groups is 1. The van der Waals surface area contributed by atoms with Crippen molar-refractivity contribution >= 4 is 28.1 Å². The van der Waals surface area contributed by atoms with E-state index in [4.69, 9.17) is 0 Å². The van der Waals surface area contributed by atoms with Gasteiger partial charge in [-0.3, -0.25) is 9.69 Å². The first kappa shape index (κ1) is 15.9. The molecule has 8 heteroatoms. The average Bonchev–Trinajstić information content (AvgIpc) is 2.89. The molecule has 0 radical (unpaired) electrons. The van der Waals surface area contributed by atoms with Gasteiger partial charge in [-0.15, -0.1) is 0 Å². The Balaban J connectivity index is 1.83. The molecule has 1 fully saturated rings. The number of hydrogen-bond donors (Lipinski definition) is 1. The van der Waals surface area contributed by atoms with Crippen LogP contribution in [0.1, 0.15) is 23.5 Å². The monoisotopic (exact) mass is 340 g/mol. The third-order valence-electron chi connectivity index (χ3n) is 3.80. The van der Waals surface area contributed by atoms with Gasteiger partial charge in [0.2, 0.25) is 4.96 Å². The molecular weight excluding hydrogens is 320 g/mol. The number of aliphatic hydroxyl groups excluding tert-OH is 1. The smallest absolute Gasteiger partial charge is 0.275 e. The van der Waals surface area contributed by atoms with Crippen LogP contribution in [-0.4, -0.2) is 55.3 Å². The summed E-state index contributed by atoms with van der Waals surface area (Å²) >= 11 is 3.38. The molecule has 22 heavy (non-hydrogen) atoms. The van der Waals surface area contributed by atoms with E-state index in [0.717, 1.165) is 22.9 Å². The van der Waals surface area contributed by atoms with Gasteiger partial charge < -0.3 is 5.11 Å². The Morgan fingerprint density at radius 2 is 2.41 bits per heavy atom. The van der Waals surface area contributed by atoms with Crippen LogP contribution >= 0.6 is 23.1 Å². The summed E-state index contributed by atoms with van der Waals surface area (Å²) in [4.78, 5) is 19.6. The lowest BCUT2D eigenvalue weighted by Gasteiger charge is -2.33. The molecule has 3 heterocycles. The zero-order valence-electron chi connectivity index (χ0n) is 12.6. The van der Waals surface area contributed by atoms with Gasteiger partial charge in [0.1, 0.15) is 5.01 Å². The molecule has 0 amide bonds. The minimum atomic E-state index is -0.133. The van der Waals surface area contributed by atoms with Gasteiger partial charge in [-0.1, -0.05) is 11.3 Å². The zero-order valence-corrected chi connectivity index (χ0v) is 14.2. The molecule has 0 aliphatic carbocycles. The maximum Gasteiger partial charge on any atom is 0.275 e. The predicted octanol–water partition coefficient (Wildman–Crippen LogP) is 1.15. The molecule has 1 unspecified atom stereocenters. The van der Waals surface area contributed by atoms with Crippen molar-refractivity contribution in [1.82, 2.24) is 19.5 Å². The van der Waals surface area contributed by atoms with E-state index < -0.39 is 0 Å². The highest BCUT2D eigenvalue weighted by Crippen LogP contribution is 2.22. The Kier molecular flexibility index (Phi) is 5.12. The van der Waals surface area contributed by atoms with Gasteiger partial charge in [0.05, 0.1) is 12.3 Å². The quantitative estimate of drug-likeness (QED) is 0.880. The second-order valence-corrected chi connectivity index (χ2v) is 7.78. The van der Waals surface area contributed by atoms with Gasteiger partial charge in [0.15, 0.2) is 0 Å². The fourth-order valence-electron chi connectivity index (χ4n) is 2.77. The molecular formula is C14H20N4O2S2. The number of aromatic nitrogens is 3. The molecule has 3 rings (SSSR count). The first-order chi connectivity index (χ1) is 10.7. The summed E-state index contributed by atoms with van der Waals surface area (Å²) < 4.78 is 1.36. The van der Waals surface area contributed by atoms with Crippen LogP contribution in [0.25, 0.3) is 4.96 Å².